The molecule has 0 saturated carbocycles. The number of fused-ring (bicyclic) bond motifs is 1. The first kappa shape index (κ1) is 20.0. The summed E-state index contributed by atoms with van der Waals surface area (Å²) in [7, 11) is 0. The summed E-state index contributed by atoms with van der Waals surface area (Å²) in [5.74, 6) is -0.152. The zero-order valence-electron chi connectivity index (χ0n) is 15.1. The first-order valence-electron chi connectivity index (χ1n) is 9.00. The fourth-order valence-electron chi connectivity index (χ4n) is 3.58. The van der Waals surface area contributed by atoms with Gasteiger partial charge in [-0.2, -0.15) is 0 Å². The van der Waals surface area contributed by atoms with E-state index >= 15 is 0 Å². The van der Waals surface area contributed by atoms with Crippen LogP contribution in [0.25, 0.3) is 0 Å². The number of rotatable bonds is 4. The van der Waals surface area contributed by atoms with Gasteiger partial charge in [0.15, 0.2) is 0 Å². The van der Waals surface area contributed by atoms with Crippen molar-refractivity contribution in [2.45, 2.75) is 25.6 Å². The van der Waals surface area contributed by atoms with Crippen LogP contribution in [-0.2, 0) is 11.2 Å². The number of likely N-dealkylation sites (tertiary alicyclic amines) is 1. The molecule has 2 aliphatic rings. The number of carbonyl (C=O) groups is 2. The fraction of sp³-hybridized carbons (Fsp3) is 0.474. The molecule has 6 nitrogen and oxygen atoms in total. The van der Waals surface area contributed by atoms with Gasteiger partial charge in [0, 0.05) is 38.5 Å². The van der Waals surface area contributed by atoms with Crippen molar-refractivity contribution in [2.24, 2.45) is 5.92 Å². The molecule has 1 aromatic carbocycles. The number of benzene rings is 1. The summed E-state index contributed by atoms with van der Waals surface area (Å²) in [5, 5.41) is 9.09. The second kappa shape index (κ2) is 8.12. The lowest BCUT2D eigenvalue weighted by molar-refractivity contribution is -0.274. The van der Waals surface area contributed by atoms with E-state index < -0.39 is 12.5 Å². The number of halogens is 3. The van der Waals surface area contributed by atoms with Gasteiger partial charge in [0.05, 0.1) is 0 Å². The molecule has 1 N–H and O–H groups in total. The van der Waals surface area contributed by atoms with Gasteiger partial charge in [-0.05, 0) is 36.1 Å². The monoisotopic (exact) mass is 398 g/mol. The van der Waals surface area contributed by atoms with E-state index in [-0.39, 0.29) is 24.0 Å². The molecule has 1 saturated heterocycles. The number of hydrogen-bond acceptors (Lipinski definition) is 3. The third kappa shape index (κ3) is 5.17. The molecule has 2 heterocycles. The Morgan fingerprint density at radius 3 is 2.54 bits per heavy atom. The lowest BCUT2D eigenvalue weighted by Crippen LogP contribution is -2.33. The number of nitrogens with zero attached hydrogens (tertiary/aromatic N) is 2. The van der Waals surface area contributed by atoms with Crippen molar-refractivity contribution >= 4 is 12.0 Å². The van der Waals surface area contributed by atoms with Crippen molar-refractivity contribution in [1.82, 2.24) is 9.80 Å². The van der Waals surface area contributed by atoms with Gasteiger partial charge in [-0.25, -0.2) is 4.79 Å². The van der Waals surface area contributed by atoms with E-state index in [1.807, 2.05) is 6.08 Å². The number of alkyl halides is 3. The summed E-state index contributed by atoms with van der Waals surface area (Å²) in [5.41, 5.74) is 1.82. The topological polar surface area (TPSA) is 70.1 Å². The van der Waals surface area contributed by atoms with Gasteiger partial charge in [0.2, 0.25) is 5.91 Å². The lowest BCUT2D eigenvalue weighted by atomic mass is 10.00. The Morgan fingerprint density at radius 2 is 1.89 bits per heavy atom. The maximum Gasteiger partial charge on any atom is 0.573 e. The third-order valence-corrected chi connectivity index (χ3v) is 5.07. The van der Waals surface area contributed by atoms with E-state index in [0.717, 1.165) is 17.6 Å². The largest absolute Gasteiger partial charge is 0.573 e. The fourth-order valence-corrected chi connectivity index (χ4v) is 3.58. The van der Waals surface area contributed by atoms with Crippen LogP contribution < -0.4 is 4.74 Å². The van der Waals surface area contributed by atoms with Gasteiger partial charge in [-0.1, -0.05) is 18.2 Å². The molecule has 1 fully saturated rings. The Hall–Kier alpha value is -2.71. The number of aryl methyl sites for hydroxylation is 1. The van der Waals surface area contributed by atoms with Crippen molar-refractivity contribution in [3.8, 4) is 5.75 Å². The Bertz CT molecular complexity index is 761. The summed E-state index contributed by atoms with van der Waals surface area (Å²) >= 11 is 0. The number of carboxylic acid groups (broad SMARTS) is 1. The summed E-state index contributed by atoms with van der Waals surface area (Å²) in [6.45, 7) is 1.88. The number of hydrogen-bond donors (Lipinski definition) is 1. The van der Waals surface area contributed by atoms with Crippen molar-refractivity contribution in [1.29, 1.82) is 0 Å². The number of carbonyl (C=O) groups excluding carboxylic acids is 1. The van der Waals surface area contributed by atoms with Crippen LogP contribution in [0.1, 0.15) is 18.4 Å². The van der Waals surface area contributed by atoms with Gasteiger partial charge in [-0.3, -0.25) is 4.79 Å². The van der Waals surface area contributed by atoms with Gasteiger partial charge in [-0.15, -0.1) is 13.2 Å². The molecule has 0 bridgehead atoms. The van der Waals surface area contributed by atoms with Crippen LogP contribution in [0.4, 0.5) is 18.0 Å². The summed E-state index contributed by atoms with van der Waals surface area (Å²) in [6, 6.07) is 5.51. The minimum atomic E-state index is -4.72. The highest BCUT2D eigenvalue weighted by Gasteiger charge is 2.33. The molecule has 0 spiro atoms. The maximum atomic E-state index is 12.5. The van der Waals surface area contributed by atoms with Crippen molar-refractivity contribution < 1.29 is 32.6 Å². The van der Waals surface area contributed by atoms with Crippen LogP contribution in [0.5, 0.6) is 5.75 Å². The first-order valence-corrected chi connectivity index (χ1v) is 9.00. The van der Waals surface area contributed by atoms with Crippen LogP contribution in [0.15, 0.2) is 35.9 Å². The van der Waals surface area contributed by atoms with Crippen molar-refractivity contribution in [3.05, 3.63) is 41.5 Å². The molecule has 0 radical (unpaired) electrons. The van der Waals surface area contributed by atoms with Gasteiger partial charge >= 0.3 is 12.5 Å². The molecule has 9 heteroatoms. The smallest absolute Gasteiger partial charge is 0.465 e. The Kier molecular flexibility index (Phi) is 5.81. The van der Waals surface area contributed by atoms with E-state index in [4.69, 9.17) is 5.11 Å². The van der Waals surface area contributed by atoms with Crippen LogP contribution in [-0.4, -0.2) is 59.4 Å². The Labute approximate surface area is 160 Å². The second-order valence-electron chi connectivity index (χ2n) is 6.96. The molecule has 0 unspecified atom stereocenters. The minimum Gasteiger partial charge on any atom is -0.465 e. The SMILES string of the molecule is O=C(O)N1CC2=CCN(C(=O)CCc3ccc(OC(F)(F)F)cc3)CC[C@@H]2C1. The zero-order valence-corrected chi connectivity index (χ0v) is 15.1. The predicted octanol–water partition coefficient (Wildman–Crippen LogP) is 3.29. The summed E-state index contributed by atoms with van der Waals surface area (Å²) in [6.07, 6.45) is -2.29. The predicted molar refractivity (Wildman–Crippen MR) is 93.8 cm³/mol. The van der Waals surface area contributed by atoms with E-state index in [9.17, 15) is 22.8 Å². The molecule has 2 amide bonds. The Balaban J connectivity index is 1.50. The van der Waals surface area contributed by atoms with Gasteiger partial charge < -0.3 is 19.6 Å². The standard InChI is InChI=1S/C19H21F3N2O4/c20-19(21,22)28-16-4-1-13(2-5-16)3-6-17(25)23-9-7-14-11-24(18(26)27)12-15(14)8-10-23/h1-2,4-5,7,15H,3,6,8-12H2,(H,26,27)/t15-/m1/s1. The molecule has 3 rings (SSSR count). The van der Waals surface area contributed by atoms with E-state index in [1.165, 1.54) is 29.2 Å². The molecule has 2 aliphatic heterocycles. The van der Waals surface area contributed by atoms with Crippen LogP contribution >= 0.6 is 0 Å². The van der Waals surface area contributed by atoms with E-state index in [0.29, 0.717) is 32.6 Å². The highest BCUT2D eigenvalue weighted by atomic mass is 19.4. The summed E-state index contributed by atoms with van der Waals surface area (Å²) in [4.78, 5) is 26.7. The van der Waals surface area contributed by atoms with Crippen LogP contribution in [0, 0.1) is 5.92 Å². The normalized spacial score (nSPS) is 19.7. The second-order valence-corrected chi connectivity index (χ2v) is 6.96. The van der Waals surface area contributed by atoms with E-state index in [2.05, 4.69) is 4.74 Å². The summed E-state index contributed by atoms with van der Waals surface area (Å²) < 4.78 is 40.3. The number of ether oxygens (including phenoxy) is 1. The molecule has 28 heavy (non-hydrogen) atoms. The lowest BCUT2D eigenvalue weighted by Gasteiger charge is -2.21. The molecule has 0 aromatic heterocycles. The quantitative estimate of drug-likeness (QED) is 0.791. The average Bonchev–Trinajstić information content (AvgIpc) is 2.93. The minimum absolute atomic E-state index is 0.0254. The zero-order chi connectivity index (χ0) is 20.3. The van der Waals surface area contributed by atoms with Crippen molar-refractivity contribution in [3.63, 3.8) is 0 Å². The van der Waals surface area contributed by atoms with Crippen LogP contribution in [0.3, 0.4) is 0 Å². The third-order valence-electron chi connectivity index (χ3n) is 5.07. The van der Waals surface area contributed by atoms with Crippen LogP contribution in [0.2, 0.25) is 0 Å². The van der Waals surface area contributed by atoms with E-state index in [1.54, 1.807) is 4.90 Å². The average molecular weight is 398 g/mol. The van der Waals surface area contributed by atoms with Gasteiger partial charge in [0.1, 0.15) is 5.75 Å². The van der Waals surface area contributed by atoms with Gasteiger partial charge in [0.25, 0.3) is 0 Å². The maximum absolute atomic E-state index is 12.5. The Morgan fingerprint density at radius 1 is 1.18 bits per heavy atom. The molecule has 1 atom stereocenters. The molecular weight excluding hydrogens is 377 g/mol. The first-order chi connectivity index (χ1) is 13.2. The molecule has 1 aromatic rings. The number of amides is 2. The molecule has 0 aliphatic carbocycles. The molecular formula is C19H21F3N2O4. The molecule has 152 valence electrons. The highest BCUT2D eigenvalue weighted by Crippen LogP contribution is 2.28. The highest BCUT2D eigenvalue weighted by molar-refractivity contribution is 5.76. The van der Waals surface area contributed by atoms with Crippen molar-refractivity contribution in [2.75, 3.05) is 26.2 Å².